The highest BCUT2D eigenvalue weighted by molar-refractivity contribution is 5.58. The van der Waals surface area contributed by atoms with Crippen molar-refractivity contribution < 1.29 is 9.13 Å². The second-order valence-electron chi connectivity index (χ2n) is 4.01. The standard InChI is InChI=1S/C12H17FN2O/c1-14-7-3-4-9-8-16-12-10(13)5-2-6-11(12)15-9/h2,5-6,9,14-15H,3-4,7-8H2,1H3. The van der Waals surface area contributed by atoms with Gasteiger partial charge in [0.2, 0.25) is 0 Å². The maximum atomic E-state index is 13.3. The van der Waals surface area contributed by atoms with Gasteiger partial charge in [-0.15, -0.1) is 0 Å². The van der Waals surface area contributed by atoms with Gasteiger partial charge < -0.3 is 15.4 Å². The molecule has 0 fully saturated rings. The van der Waals surface area contributed by atoms with E-state index in [2.05, 4.69) is 10.6 Å². The second-order valence-corrected chi connectivity index (χ2v) is 4.01. The highest BCUT2D eigenvalue weighted by Crippen LogP contribution is 2.31. The van der Waals surface area contributed by atoms with E-state index >= 15 is 0 Å². The zero-order valence-corrected chi connectivity index (χ0v) is 9.42. The molecule has 0 radical (unpaired) electrons. The lowest BCUT2D eigenvalue weighted by atomic mass is 10.1. The SMILES string of the molecule is CNCCCC1COc2c(F)cccc2N1. The Morgan fingerprint density at radius 3 is 3.25 bits per heavy atom. The van der Waals surface area contributed by atoms with Crippen LogP contribution in [0.1, 0.15) is 12.8 Å². The fraction of sp³-hybridized carbons (Fsp3) is 0.500. The predicted molar refractivity (Wildman–Crippen MR) is 62.5 cm³/mol. The molecule has 0 amide bonds. The maximum absolute atomic E-state index is 13.3. The molecule has 0 bridgehead atoms. The van der Waals surface area contributed by atoms with Crippen LogP contribution in [-0.2, 0) is 0 Å². The number of ether oxygens (including phenoxy) is 1. The predicted octanol–water partition coefficient (Wildman–Crippen LogP) is 2.00. The molecule has 0 saturated carbocycles. The zero-order valence-electron chi connectivity index (χ0n) is 9.42. The van der Waals surface area contributed by atoms with Crippen LogP contribution in [0.25, 0.3) is 0 Å². The van der Waals surface area contributed by atoms with Gasteiger partial charge in [0.1, 0.15) is 6.61 Å². The minimum Gasteiger partial charge on any atom is -0.486 e. The summed E-state index contributed by atoms with van der Waals surface area (Å²) in [6.07, 6.45) is 2.11. The van der Waals surface area contributed by atoms with Crippen LogP contribution in [0.15, 0.2) is 18.2 Å². The van der Waals surface area contributed by atoms with Gasteiger partial charge in [-0.2, -0.15) is 0 Å². The molecular weight excluding hydrogens is 207 g/mol. The summed E-state index contributed by atoms with van der Waals surface area (Å²) in [4.78, 5) is 0. The highest BCUT2D eigenvalue weighted by atomic mass is 19.1. The van der Waals surface area contributed by atoms with E-state index in [0.29, 0.717) is 12.4 Å². The molecule has 1 atom stereocenters. The Hall–Kier alpha value is -1.29. The molecule has 2 N–H and O–H groups in total. The molecule has 1 unspecified atom stereocenters. The Balaban J connectivity index is 1.96. The van der Waals surface area contributed by atoms with Gasteiger partial charge in [0.15, 0.2) is 11.6 Å². The summed E-state index contributed by atoms with van der Waals surface area (Å²) < 4.78 is 18.8. The molecule has 88 valence electrons. The average Bonchev–Trinajstić information content (AvgIpc) is 2.30. The van der Waals surface area contributed by atoms with E-state index in [1.807, 2.05) is 13.1 Å². The number of rotatable bonds is 4. The number of halogens is 1. The molecule has 4 heteroatoms. The van der Waals surface area contributed by atoms with Crippen molar-refractivity contribution in [3.8, 4) is 5.75 Å². The topological polar surface area (TPSA) is 33.3 Å². The molecular formula is C12H17FN2O. The number of fused-ring (bicyclic) bond motifs is 1. The third-order valence-electron chi connectivity index (χ3n) is 2.73. The van der Waals surface area contributed by atoms with Gasteiger partial charge in [0, 0.05) is 0 Å². The number of hydrogen-bond acceptors (Lipinski definition) is 3. The molecule has 16 heavy (non-hydrogen) atoms. The molecule has 0 saturated heterocycles. The lowest BCUT2D eigenvalue weighted by molar-refractivity contribution is 0.264. The monoisotopic (exact) mass is 224 g/mol. The van der Waals surface area contributed by atoms with Crippen LogP contribution >= 0.6 is 0 Å². The van der Waals surface area contributed by atoms with Crippen LogP contribution in [0.2, 0.25) is 0 Å². The first-order valence-electron chi connectivity index (χ1n) is 5.63. The highest BCUT2D eigenvalue weighted by Gasteiger charge is 2.20. The molecule has 0 aliphatic carbocycles. The lowest BCUT2D eigenvalue weighted by Crippen LogP contribution is -2.32. The Kier molecular flexibility index (Phi) is 3.62. The first-order chi connectivity index (χ1) is 7.81. The van der Waals surface area contributed by atoms with Crippen molar-refractivity contribution in [3.63, 3.8) is 0 Å². The largest absolute Gasteiger partial charge is 0.486 e. The summed E-state index contributed by atoms with van der Waals surface area (Å²) in [6.45, 7) is 1.53. The molecule has 0 spiro atoms. The van der Waals surface area contributed by atoms with Gasteiger partial charge in [-0.05, 0) is 38.6 Å². The van der Waals surface area contributed by atoms with Crippen LogP contribution in [0, 0.1) is 5.82 Å². The van der Waals surface area contributed by atoms with E-state index in [9.17, 15) is 4.39 Å². The van der Waals surface area contributed by atoms with Gasteiger partial charge in [-0.1, -0.05) is 6.07 Å². The Labute approximate surface area is 95.0 Å². The van der Waals surface area contributed by atoms with E-state index < -0.39 is 0 Å². The van der Waals surface area contributed by atoms with Gasteiger partial charge in [0.05, 0.1) is 11.7 Å². The molecule has 1 aliphatic heterocycles. The summed E-state index contributed by atoms with van der Waals surface area (Å²) >= 11 is 0. The number of hydrogen-bond donors (Lipinski definition) is 2. The van der Waals surface area contributed by atoms with E-state index in [0.717, 1.165) is 25.1 Å². The van der Waals surface area contributed by atoms with Crippen LogP contribution in [0.5, 0.6) is 5.75 Å². The Morgan fingerprint density at radius 1 is 1.56 bits per heavy atom. The van der Waals surface area contributed by atoms with Crippen LogP contribution in [-0.4, -0.2) is 26.2 Å². The lowest BCUT2D eigenvalue weighted by Gasteiger charge is -2.27. The number of nitrogens with one attached hydrogen (secondary N) is 2. The second kappa shape index (κ2) is 5.16. The Morgan fingerprint density at radius 2 is 2.44 bits per heavy atom. The molecule has 1 heterocycles. The number of benzene rings is 1. The molecule has 1 aliphatic rings. The summed E-state index contributed by atoms with van der Waals surface area (Å²) in [7, 11) is 1.94. The number of anilines is 1. The van der Waals surface area contributed by atoms with E-state index in [4.69, 9.17) is 4.74 Å². The van der Waals surface area contributed by atoms with E-state index in [1.54, 1.807) is 6.07 Å². The fourth-order valence-electron chi connectivity index (χ4n) is 1.90. The van der Waals surface area contributed by atoms with Crippen molar-refractivity contribution in [2.45, 2.75) is 18.9 Å². The van der Waals surface area contributed by atoms with Crippen LogP contribution in [0.4, 0.5) is 10.1 Å². The summed E-state index contributed by atoms with van der Waals surface area (Å²) in [5.74, 6) is 0.0611. The van der Waals surface area contributed by atoms with Crippen molar-refractivity contribution in [2.75, 3.05) is 25.5 Å². The number of para-hydroxylation sites is 1. The first-order valence-corrected chi connectivity index (χ1v) is 5.63. The normalized spacial score (nSPS) is 18.5. The van der Waals surface area contributed by atoms with Gasteiger partial charge >= 0.3 is 0 Å². The van der Waals surface area contributed by atoms with Gasteiger partial charge in [-0.3, -0.25) is 0 Å². The molecule has 0 aromatic heterocycles. The van der Waals surface area contributed by atoms with Crippen molar-refractivity contribution in [1.29, 1.82) is 0 Å². The molecule has 2 rings (SSSR count). The summed E-state index contributed by atoms with van der Waals surface area (Å²) in [5.41, 5.74) is 0.765. The minimum atomic E-state index is -0.293. The van der Waals surface area contributed by atoms with Crippen molar-refractivity contribution in [1.82, 2.24) is 5.32 Å². The maximum Gasteiger partial charge on any atom is 0.178 e. The molecule has 1 aromatic carbocycles. The summed E-state index contributed by atoms with van der Waals surface area (Å²) in [6, 6.07) is 5.24. The zero-order chi connectivity index (χ0) is 11.4. The smallest absolute Gasteiger partial charge is 0.178 e. The molecule has 1 aromatic rings. The Bertz CT molecular complexity index is 357. The quantitative estimate of drug-likeness (QED) is 0.767. The third-order valence-corrected chi connectivity index (χ3v) is 2.73. The third kappa shape index (κ3) is 2.44. The average molecular weight is 224 g/mol. The fourth-order valence-corrected chi connectivity index (χ4v) is 1.90. The van der Waals surface area contributed by atoms with Crippen LogP contribution in [0.3, 0.4) is 0 Å². The van der Waals surface area contributed by atoms with Gasteiger partial charge in [0.25, 0.3) is 0 Å². The van der Waals surface area contributed by atoms with Crippen molar-refractivity contribution in [2.24, 2.45) is 0 Å². The molecule has 3 nitrogen and oxygen atoms in total. The van der Waals surface area contributed by atoms with Gasteiger partial charge in [-0.25, -0.2) is 4.39 Å². The van der Waals surface area contributed by atoms with E-state index in [1.165, 1.54) is 6.07 Å². The van der Waals surface area contributed by atoms with Crippen molar-refractivity contribution >= 4 is 5.69 Å². The van der Waals surface area contributed by atoms with E-state index in [-0.39, 0.29) is 11.9 Å². The summed E-state index contributed by atoms with van der Waals surface area (Å²) in [5, 5.41) is 6.41. The van der Waals surface area contributed by atoms with Crippen LogP contribution < -0.4 is 15.4 Å². The minimum absolute atomic E-state index is 0.280. The van der Waals surface area contributed by atoms with Crippen molar-refractivity contribution in [3.05, 3.63) is 24.0 Å². The first kappa shape index (κ1) is 11.2.